The molecular weight excluding hydrogens is 424 g/mol. The summed E-state index contributed by atoms with van der Waals surface area (Å²) in [5, 5.41) is 0.491. The van der Waals surface area contributed by atoms with Crippen molar-refractivity contribution in [3.8, 4) is 11.5 Å². The molecule has 2 aromatic carbocycles. The summed E-state index contributed by atoms with van der Waals surface area (Å²) in [6.07, 6.45) is 0.219. The molecule has 0 bridgehead atoms. The molecule has 0 N–H and O–H groups in total. The lowest BCUT2D eigenvalue weighted by Gasteiger charge is -2.24. The molecule has 1 amide bonds. The lowest BCUT2D eigenvalue weighted by Crippen LogP contribution is -2.37. The van der Waals surface area contributed by atoms with Crippen LogP contribution in [0.5, 0.6) is 11.5 Å². The lowest BCUT2D eigenvalue weighted by molar-refractivity contribution is -0.117. The third-order valence-electron chi connectivity index (χ3n) is 5.38. The summed E-state index contributed by atoms with van der Waals surface area (Å²) in [6, 6.07) is 15.0. The van der Waals surface area contributed by atoms with Crippen LogP contribution in [0, 0.1) is 0 Å². The quantitative estimate of drug-likeness (QED) is 0.715. The van der Waals surface area contributed by atoms with Crippen molar-refractivity contribution in [2.45, 2.75) is 24.3 Å². The Balaban J connectivity index is 1.40. The number of carbonyl (C=O) groups excluding carboxylic acids is 1. The summed E-state index contributed by atoms with van der Waals surface area (Å²) >= 11 is 1.40. The van der Waals surface area contributed by atoms with Gasteiger partial charge in [-0.2, -0.15) is 4.99 Å². The van der Waals surface area contributed by atoms with Gasteiger partial charge < -0.3 is 14.4 Å². The van der Waals surface area contributed by atoms with Gasteiger partial charge >= 0.3 is 0 Å². The van der Waals surface area contributed by atoms with Crippen LogP contribution in [0.25, 0.3) is 0 Å². The van der Waals surface area contributed by atoms with Crippen LogP contribution < -0.4 is 9.47 Å². The van der Waals surface area contributed by atoms with Crippen molar-refractivity contribution in [3.05, 3.63) is 59.7 Å². The summed E-state index contributed by atoms with van der Waals surface area (Å²) in [5.41, 5.74) is 1.85. The molecule has 0 unspecified atom stereocenters. The molecule has 0 aliphatic carbocycles. The van der Waals surface area contributed by atoms with Crippen molar-refractivity contribution in [1.29, 1.82) is 0 Å². The number of nitrogens with zero attached hydrogens (tertiary/aromatic N) is 2. The Labute approximate surface area is 179 Å². The number of rotatable bonds is 4. The zero-order valence-electron chi connectivity index (χ0n) is 16.1. The number of ether oxygens (including phenoxy) is 2. The number of sulfone groups is 1. The van der Waals surface area contributed by atoms with Crippen LogP contribution in [0.15, 0.2) is 53.5 Å². The molecule has 3 heterocycles. The standard InChI is InChI=1S/C21H20N2O5S2/c24-20(9-14-4-2-1-3-5-14)22-21-23(16-11-30(25,26)12-19(16)29-21)10-15-6-7-17-18(8-15)28-13-27-17/h1-8,16,19H,9-13H2/t16-,19-/m1/s1. The number of aliphatic imine (C=N–C) groups is 1. The molecule has 9 heteroatoms. The molecule has 3 aliphatic heterocycles. The van der Waals surface area contributed by atoms with E-state index in [1.54, 1.807) is 0 Å². The number of benzene rings is 2. The lowest BCUT2D eigenvalue weighted by atomic mass is 10.1. The van der Waals surface area contributed by atoms with Crippen molar-refractivity contribution >= 4 is 32.7 Å². The Kier molecular flexibility index (Phi) is 4.94. The summed E-state index contributed by atoms with van der Waals surface area (Å²) in [6.45, 7) is 0.653. The average Bonchev–Trinajstić information content (AvgIpc) is 3.36. The van der Waals surface area contributed by atoms with Gasteiger partial charge in [-0.25, -0.2) is 8.42 Å². The van der Waals surface area contributed by atoms with E-state index in [1.165, 1.54) is 11.8 Å². The normalized spacial score (nSPS) is 24.9. The van der Waals surface area contributed by atoms with Crippen molar-refractivity contribution in [1.82, 2.24) is 4.90 Å². The van der Waals surface area contributed by atoms with Gasteiger partial charge in [0.05, 0.1) is 24.0 Å². The monoisotopic (exact) mass is 444 g/mol. The van der Waals surface area contributed by atoms with Crippen LogP contribution in [0.1, 0.15) is 11.1 Å². The van der Waals surface area contributed by atoms with Gasteiger partial charge in [0.1, 0.15) is 0 Å². The van der Waals surface area contributed by atoms with Gasteiger partial charge in [-0.1, -0.05) is 48.2 Å². The fraction of sp³-hybridized carbons (Fsp3) is 0.333. The number of hydrogen-bond acceptors (Lipinski definition) is 6. The summed E-state index contributed by atoms with van der Waals surface area (Å²) in [5.74, 6) is 1.34. The molecule has 3 aliphatic rings. The second-order valence-electron chi connectivity index (χ2n) is 7.57. The molecule has 0 saturated carbocycles. The minimum atomic E-state index is -3.09. The van der Waals surface area contributed by atoms with Gasteiger partial charge in [0, 0.05) is 11.8 Å². The van der Waals surface area contributed by atoms with E-state index in [1.807, 2.05) is 53.4 Å². The number of amides is 1. The highest BCUT2D eigenvalue weighted by Gasteiger charge is 2.48. The maximum absolute atomic E-state index is 12.6. The van der Waals surface area contributed by atoms with E-state index in [-0.39, 0.29) is 41.9 Å². The predicted molar refractivity (Wildman–Crippen MR) is 115 cm³/mol. The van der Waals surface area contributed by atoms with Crippen LogP contribution in [-0.4, -0.2) is 54.0 Å². The van der Waals surface area contributed by atoms with Crippen LogP contribution >= 0.6 is 11.8 Å². The molecule has 2 fully saturated rings. The molecule has 0 radical (unpaired) electrons. The molecule has 30 heavy (non-hydrogen) atoms. The maximum Gasteiger partial charge on any atom is 0.252 e. The number of hydrogen-bond donors (Lipinski definition) is 0. The third kappa shape index (κ3) is 3.91. The highest BCUT2D eigenvalue weighted by Crippen LogP contribution is 2.40. The highest BCUT2D eigenvalue weighted by atomic mass is 32.2. The maximum atomic E-state index is 12.6. The molecule has 5 rings (SSSR count). The van der Waals surface area contributed by atoms with Gasteiger partial charge in [0.25, 0.3) is 5.91 Å². The smallest absolute Gasteiger partial charge is 0.252 e. The SMILES string of the molecule is O=C(Cc1ccccc1)N=C1S[C@@H]2CS(=O)(=O)C[C@H]2N1Cc1ccc2c(c1)OCO2. The zero-order chi connectivity index (χ0) is 20.7. The molecule has 2 aromatic rings. The van der Waals surface area contributed by atoms with Gasteiger partial charge in [0.15, 0.2) is 26.5 Å². The van der Waals surface area contributed by atoms with E-state index in [0.717, 1.165) is 11.1 Å². The first-order valence-electron chi connectivity index (χ1n) is 9.64. The van der Waals surface area contributed by atoms with Gasteiger partial charge in [0.2, 0.25) is 6.79 Å². The second kappa shape index (κ2) is 7.63. The van der Waals surface area contributed by atoms with Crippen LogP contribution in [0.4, 0.5) is 0 Å². The van der Waals surface area contributed by atoms with E-state index in [4.69, 9.17) is 9.47 Å². The number of carbonyl (C=O) groups is 1. The first kappa shape index (κ1) is 19.4. The Bertz CT molecular complexity index is 1120. The minimum Gasteiger partial charge on any atom is -0.454 e. The first-order valence-corrected chi connectivity index (χ1v) is 12.3. The van der Waals surface area contributed by atoms with E-state index in [9.17, 15) is 13.2 Å². The van der Waals surface area contributed by atoms with E-state index >= 15 is 0 Å². The minimum absolute atomic E-state index is 0.0844. The highest BCUT2D eigenvalue weighted by molar-refractivity contribution is 8.15. The topological polar surface area (TPSA) is 85.3 Å². The number of fused-ring (bicyclic) bond motifs is 2. The van der Waals surface area contributed by atoms with Crippen molar-refractivity contribution < 1.29 is 22.7 Å². The number of amidine groups is 1. The fourth-order valence-electron chi connectivity index (χ4n) is 3.97. The molecule has 0 aromatic heterocycles. The van der Waals surface area contributed by atoms with E-state index in [2.05, 4.69) is 4.99 Å². The largest absolute Gasteiger partial charge is 0.454 e. The Hall–Kier alpha value is -2.52. The van der Waals surface area contributed by atoms with Crippen LogP contribution in [0.2, 0.25) is 0 Å². The summed E-state index contributed by atoms with van der Waals surface area (Å²) in [4.78, 5) is 18.9. The average molecular weight is 445 g/mol. The molecule has 2 saturated heterocycles. The Morgan fingerprint density at radius 1 is 1.07 bits per heavy atom. The van der Waals surface area contributed by atoms with E-state index < -0.39 is 9.84 Å². The van der Waals surface area contributed by atoms with Crippen LogP contribution in [0.3, 0.4) is 0 Å². The van der Waals surface area contributed by atoms with Gasteiger partial charge in [-0.15, -0.1) is 0 Å². The van der Waals surface area contributed by atoms with Crippen LogP contribution in [-0.2, 0) is 27.6 Å². The van der Waals surface area contributed by atoms with Gasteiger partial charge in [-0.3, -0.25) is 4.79 Å². The first-order chi connectivity index (χ1) is 14.5. The predicted octanol–water partition coefficient (Wildman–Crippen LogP) is 2.25. The van der Waals surface area contributed by atoms with Crippen molar-refractivity contribution in [2.75, 3.05) is 18.3 Å². The van der Waals surface area contributed by atoms with Gasteiger partial charge in [-0.05, 0) is 23.3 Å². The van der Waals surface area contributed by atoms with E-state index in [0.29, 0.717) is 23.2 Å². The molecule has 156 valence electrons. The van der Waals surface area contributed by atoms with Crippen molar-refractivity contribution in [3.63, 3.8) is 0 Å². The molecule has 0 spiro atoms. The fourth-order valence-corrected chi connectivity index (χ4v) is 7.94. The second-order valence-corrected chi connectivity index (χ2v) is 10.9. The zero-order valence-corrected chi connectivity index (χ0v) is 17.7. The summed E-state index contributed by atoms with van der Waals surface area (Å²) < 4.78 is 35.2. The summed E-state index contributed by atoms with van der Waals surface area (Å²) in [7, 11) is -3.09. The molecular formula is C21H20N2O5S2. The Morgan fingerprint density at radius 2 is 1.87 bits per heavy atom. The number of thioether (sulfide) groups is 1. The molecule has 2 atom stereocenters. The Morgan fingerprint density at radius 3 is 2.70 bits per heavy atom. The van der Waals surface area contributed by atoms with Crippen molar-refractivity contribution in [2.24, 2.45) is 4.99 Å². The molecule has 7 nitrogen and oxygen atoms in total. The third-order valence-corrected chi connectivity index (χ3v) is 8.63.